The van der Waals surface area contributed by atoms with Gasteiger partial charge in [-0.25, -0.2) is 0 Å². The van der Waals surface area contributed by atoms with E-state index in [1.165, 1.54) is 257 Å². The lowest BCUT2D eigenvalue weighted by Crippen LogP contribution is -2.24. The van der Waals surface area contributed by atoms with Crippen LogP contribution in [0.25, 0.3) is 104 Å². The van der Waals surface area contributed by atoms with E-state index < -0.39 is 0 Å². The SMILES string of the molecule is C=Cc1c(/C(=C\Cc2ccc3c(c2)CCCC3)c2ccc3c(c2)c2cc(C4CC(C5=CC=C6CCCCC6[C@H]5C)=CC5=C4SC4C=CC(C6C=CC7=C(CCCC7)C6)=CC54)ccc2n3-c2ccc(-c3c4ccccc4c(-c4ccccc4)c4ccccc34)cc2)sc2ccc(-c3ccc4c(c3)CCCC4)cc12. The van der Waals surface area contributed by atoms with Gasteiger partial charge in [-0.2, -0.15) is 0 Å². The molecular formula is C104H91NS2. The zero-order valence-electron chi connectivity index (χ0n) is 61.6. The van der Waals surface area contributed by atoms with Crippen LogP contribution in [0, 0.1) is 23.7 Å². The van der Waals surface area contributed by atoms with Crippen molar-refractivity contribution >= 4 is 88.2 Å². The van der Waals surface area contributed by atoms with Crippen LogP contribution in [0.15, 0.2) is 299 Å². The number of thioether (sulfide) groups is 1. The summed E-state index contributed by atoms with van der Waals surface area (Å²) in [7, 11) is 0. The molecule has 10 aromatic carbocycles. The van der Waals surface area contributed by atoms with Crippen molar-refractivity contribution in [1.82, 2.24) is 4.57 Å². The van der Waals surface area contributed by atoms with Gasteiger partial charge in [-0.1, -0.05) is 237 Å². The van der Waals surface area contributed by atoms with Crippen molar-refractivity contribution < 1.29 is 0 Å². The molecule has 5 unspecified atom stereocenters. The lowest BCUT2D eigenvalue weighted by atomic mass is 9.67. The van der Waals surface area contributed by atoms with E-state index in [0.717, 1.165) is 18.5 Å². The highest BCUT2D eigenvalue weighted by atomic mass is 32.2. The van der Waals surface area contributed by atoms with Crippen molar-refractivity contribution in [3.05, 3.63) is 349 Å². The molecule has 0 radical (unpaired) electrons. The predicted octanol–water partition coefficient (Wildman–Crippen LogP) is 28.4. The highest BCUT2D eigenvalue weighted by molar-refractivity contribution is 8.04. The van der Waals surface area contributed by atoms with E-state index in [0.29, 0.717) is 28.9 Å². The number of allylic oxidation sites excluding steroid dienone is 16. The molecular weight excluding hydrogens is 1330 g/mol. The lowest BCUT2D eigenvalue weighted by molar-refractivity contribution is 0.366. The first kappa shape index (κ1) is 65.5. The van der Waals surface area contributed by atoms with Gasteiger partial charge in [0.2, 0.25) is 0 Å². The van der Waals surface area contributed by atoms with Gasteiger partial charge in [-0.3, -0.25) is 0 Å². The van der Waals surface area contributed by atoms with E-state index in [-0.39, 0.29) is 5.92 Å². The molecule has 0 amide bonds. The van der Waals surface area contributed by atoms with Gasteiger partial charge in [0.25, 0.3) is 0 Å². The van der Waals surface area contributed by atoms with Crippen LogP contribution in [0.3, 0.4) is 0 Å². The quantitative estimate of drug-likeness (QED) is 0.110. The summed E-state index contributed by atoms with van der Waals surface area (Å²) in [5.41, 5.74) is 35.2. The number of nitrogens with zero attached hydrogens (tertiary/aromatic N) is 1. The molecule has 1 aliphatic heterocycles. The number of hydrogen-bond acceptors (Lipinski definition) is 2. The first-order chi connectivity index (χ1) is 52.9. The van der Waals surface area contributed by atoms with Crippen LogP contribution in [0.1, 0.15) is 152 Å². The Kier molecular flexibility index (Phi) is 16.6. The maximum absolute atomic E-state index is 4.66. The highest BCUT2D eigenvalue weighted by Crippen LogP contribution is 2.59. The third-order valence-corrected chi connectivity index (χ3v) is 29.3. The molecule has 0 N–H and O–H groups in total. The van der Waals surface area contributed by atoms with Gasteiger partial charge >= 0.3 is 0 Å². The van der Waals surface area contributed by atoms with Gasteiger partial charge in [-0.15, -0.1) is 23.1 Å². The largest absolute Gasteiger partial charge is 0.309 e. The molecule has 1 fully saturated rings. The van der Waals surface area contributed by atoms with Crippen LogP contribution in [0.4, 0.5) is 0 Å². The second-order valence-corrected chi connectivity index (χ2v) is 34.8. The standard InChI is InChI=1S/C104H91NS2/c1-3-83-94-58-77(75-38-36-67-20-8-11-26-73(67)56-75)45-53-99(94)106-103(83)86(49-34-65-33-35-66-19-7-10-25-72(66)55-65)79-43-51-97-92(60-79)93-61-80(44-52-98(93)105(97)82-47-40-71(41-48-82)102-89-31-17-15-29-87(89)101(70-23-5-4-6-24-70)88-30-16-18-32-90(88)102)91-62-81(85-50-42-69-22-13-14-28-84(69)64(85)2)63-96-95-59-78(46-54-100(95)107-104(91)96)76-39-37-68-21-9-12-27-74(68)57-76/h3-6,15-18,23-24,29-33,35-56,58-61,63-64,76,84,91,95,100H,1,7-14,19-22,25-28,34,57,62H2,2H3/b86-49-/t64-,76?,84?,91?,95?,100?/m1/s1. The van der Waals surface area contributed by atoms with Gasteiger partial charge in [0.05, 0.1) is 11.0 Å². The summed E-state index contributed by atoms with van der Waals surface area (Å²) >= 11 is 4.11. The molecule has 3 heteroatoms. The van der Waals surface area contributed by atoms with E-state index >= 15 is 0 Å². The summed E-state index contributed by atoms with van der Waals surface area (Å²) < 4.78 is 3.89. The Labute approximate surface area is 639 Å². The third-order valence-electron chi connectivity index (χ3n) is 26.6. The minimum atomic E-state index is 0.218. The fraction of sp³-hybridized carbons (Fsp3) is 0.250. The Morgan fingerprint density at radius 2 is 1.21 bits per heavy atom. The van der Waals surface area contributed by atoms with Gasteiger partial charge in [0, 0.05) is 60.0 Å². The lowest BCUT2D eigenvalue weighted by Gasteiger charge is -2.37. The molecule has 6 atom stereocenters. The Hall–Kier alpha value is -9.77. The number of fused-ring (bicyclic) bond motifs is 11. The van der Waals surface area contributed by atoms with Gasteiger partial charge < -0.3 is 4.57 Å². The Morgan fingerprint density at radius 3 is 1.98 bits per heavy atom. The molecule has 3 heterocycles. The average Bonchev–Trinajstić information content (AvgIpc) is 1.72. The molecule has 1 saturated carbocycles. The summed E-state index contributed by atoms with van der Waals surface area (Å²) in [4.78, 5) is 2.87. The summed E-state index contributed by atoms with van der Waals surface area (Å²) in [5, 5.41) is 9.34. The molecule has 12 aromatic rings. The van der Waals surface area contributed by atoms with Crippen LogP contribution >= 0.6 is 23.1 Å². The number of benzene rings is 10. The number of aryl methyl sites for hydroxylation is 4. The van der Waals surface area contributed by atoms with Crippen LogP contribution in [0.5, 0.6) is 0 Å². The van der Waals surface area contributed by atoms with E-state index in [2.05, 4.69) is 285 Å². The van der Waals surface area contributed by atoms with Crippen molar-refractivity contribution in [3.63, 3.8) is 0 Å². The van der Waals surface area contributed by atoms with Gasteiger partial charge in [0.1, 0.15) is 0 Å². The van der Waals surface area contributed by atoms with E-state index in [9.17, 15) is 0 Å². The molecule has 0 spiro atoms. The minimum absolute atomic E-state index is 0.218. The first-order valence-electron chi connectivity index (χ1n) is 40.5. The average molecular weight is 1420 g/mol. The normalized spacial score (nSPS) is 21.9. The monoisotopic (exact) mass is 1420 g/mol. The number of aromatic nitrogens is 1. The van der Waals surface area contributed by atoms with Crippen LogP contribution in [-0.4, -0.2) is 9.82 Å². The Balaban J connectivity index is 0.741. The zero-order valence-corrected chi connectivity index (χ0v) is 63.3. The highest BCUT2D eigenvalue weighted by Gasteiger charge is 2.42. The summed E-state index contributed by atoms with van der Waals surface area (Å²) in [5.74, 6) is 2.15. The second-order valence-electron chi connectivity index (χ2n) is 32.6. The van der Waals surface area contributed by atoms with Crippen molar-refractivity contribution in [1.29, 1.82) is 0 Å². The molecule has 0 saturated heterocycles. The fourth-order valence-corrected chi connectivity index (χ4v) is 23.9. The van der Waals surface area contributed by atoms with Gasteiger partial charge in [0.15, 0.2) is 0 Å². The molecule has 2 aromatic heterocycles. The molecule has 21 rings (SSSR count). The smallest absolute Gasteiger partial charge is 0.0541 e. The predicted molar refractivity (Wildman–Crippen MR) is 459 cm³/mol. The molecule has 1 nitrogen and oxygen atoms in total. The maximum Gasteiger partial charge on any atom is 0.0541 e. The molecule has 107 heavy (non-hydrogen) atoms. The summed E-state index contributed by atoms with van der Waals surface area (Å²) in [6, 6.07) is 75.9. The zero-order chi connectivity index (χ0) is 70.8. The fourth-order valence-electron chi connectivity index (χ4n) is 21.1. The van der Waals surface area contributed by atoms with Crippen LogP contribution in [0.2, 0.25) is 0 Å². The van der Waals surface area contributed by atoms with Crippen molar-refractivity contribution in [2.45, 2.75) is 140 Å². The molecule has 9 aliphatic rings. The van der Waals surface area contributed by atoms with Gasteiger partial charge in [-0.05, 0) is 308 Å². The van der Waals surface area contributed by atoms with Crippen LogP contribution < -0.4 is 0 Å². The van der Waals surface area contributed by atoms with E-state index in [4.69, 9.17) is 0 Å². The topological polar surface area (TPSA) is 4.93 Å². The van der Waals surface area contributed by atoms with E-state index in [1.54, 1.807) is 38.3 Å². The second kappa shape index (κ2) is 27.2. The number of hydrogen-bond donors (Lipinski definition) is 0. The van der Waals surface area contributed by atoms with Crippen molar-refractivity contribution in [2.75, 3.05) is 0 Å². The molecule has 0 bridgehead atoms. The Bertz CT molecular complexity index is 5950. The third kappa shape index (κ3) is 11.4. The van der Waals surface area contributed by atoms with Crippen LogP contribution in [-0.2, 0) is 32.1 Å². The van der Waals surface area contributed by atoms with E-state index in [1.807, 2.05) is 11.3 Å². The molecule has 524 valence electrons. The number of thiophene rings is 1. The summed E-state index contributed by atoms with van der Waals surface area (Å²) in [6.45, 7) is 7.23. The first-order valence-corrected chi connectivity index (χ1v) is 42.2. The molecule has 8 aliphatic carbocycles. The Morgan fingerprint density at radius 1 is 0.542 bits per heavy atom. The maximum atomic E-state index is 4.66. The number of rotatable bonds is 12. The minimum Gasteiger partial charge on any atom is -0.309 e. The summed E-state index contributed by atoms with van der Waals surface area (Å²) in [6.07, 6.45) is 48.9. The van der Waals surface area contributed by atoms with Crippen molar-refractivity contribution in [2.24, 2.45) is 23.7 Å². The van der Waals surface area contributed by atoms with Crippen molar-refractivity contribution in [3.8, 4) is 39.1 Å².